The van der Waals surface area contributed by atoms with Gasteiger partial charge in [0.15, 0.2) is 16.7 Å². The number of carbonyl (C=O) groups excluding carboxylic acids is 1. The number of carbonyl (C=O) groups is 1. The van der Waals surface area contributed by atoms with Crippen LogP contribution in [0.4, 0.5) is 0 Å². The number of rotatable bonds is 8. The Hall–Kier alpha value is -2.48. The minimum Gasteiger partial charge on any atom is -0.454 e. The fourth-order valence-corrected chi connectivity index (χ4v) is 5.01. The first-order valence-electron chi connectivity index (χ1n) is 11.0. The van der Waals surface area contributed by atoms with Gasteiger partial charge in [0.05, 0.1) is 16.7 Å². The van der Waals surface area contributed by atoms with Crippen molar-refractivity contribution in [3.63, 3.8) is 0 Å². The van der Waals surface area contributed by atoms with Crippen LogP contribution in [0.3, 0.4) is 0 Å². The van der Waals surface area contributed by atoms with Crippen LogP contribution in [0.1, 0.15) is 46.0 Å². The van der Waals surface area contributed by atoms with Gasteiger partial charge in [0.25, 0.3) is 5.56 Å². The van der Waals surface area contributed by atoms with Crippen molar-refractivity contribution in [3.8, 4) is 11.5 Å². The molecule has 1 amide bonds. The first kappa shape index (κ1) is 21.7. The molecule has 0 saturated heterocycles. The quantitative estimate of drug-likeness (QED) is 0.349. The number of nitrogens with zero attached hydrogens (tertiary/aromatic N) is 3. The lowest BCUT2D eigenvalue weighted by molar-refractivity contribution is -0.127. The van der Waals surface area contributed by atoms with E-state index in [1.54, 1.807) is 21.6 Å². The van der Waals surface area contributed by atoms with E-state index in [4.69, 9.17) is 14.5 Å². The molecule has 0 saturated carbocycles. The third-order valence-electron chi connectivity index (χ3n) is 5.90. The summed E-state index contributed by atoms with van der Waals surface area (Å²) in [6, 6.07) is 3.47. The molecule has 2 aliphatic rings. The Morgan fingerprint density at radius 2 is 1.97 bits per heavy atom. The van der Waals surface area contributed by atoms with Gasteiger partial charge in [-0.2, -0.15) is 0 Å². The van der Waals surface area contributed by atoms with E-state index < -0.39 is 0 Å². The third kappa shape index (κ3) is 4.74. The maximum Gasteiger partial charge on any atom is 0.262 e. The standard InChI is InChI=1S/C23H29N3O4S/c1-3-25(4-2)21(27)14-31-23-24-18-13-20-19(29-15-30-20)12-17(18)22(28)26(23)11-10-16-8-6-5-7-9-16/h8,12-13H,3-7,9-11,14-15H2,1-2H3. The summed E-state index contributed by atoms with van der Waals surface area (Å²) >= 11 is 1.33. The number of fused-ring (bicyclic) bond motifs is 2. The van der Waals surface area contributed by atoms with Crippen LogP contribution >= 0.6 is 11.8 Å². The Morgan fingerprint density at radius 3 is 2.68 bits per heavy atom. The second kappa shape index (κ2) is 9.77. The van der Waals surface area contributed by atoms with Gasteiger partial charge in [-0.15, -0.1) is 0 Å². The number of hydrogen-bond acceptors (Lipinski definition) is 6. The van der Waals surface area contributed by atoms with E-state index in [0.29, 0.717) is 47.2 Å². The van der Waals surface area contributed by atoms with Crippen LogP contribution in [-0.4, -0.2) is 46.0 Å². The Kier molecular flexibility index (Phi) is 6.85. The molecule has 0 unspecified atom stereocenters. The number of amides is 1. The molecule has 4 rings (SSSR count). The van der Waals surface area contributed by atoms with Crippen LogP contribution < -0.4 is 15.0 Å². The zero-order valence-electron chi connectivity index (χ0n) is 18.2. The van der Waals surface area contributed by atoms with Gasteiger partial charge in [0, 0.05) is 25.7 Å². The maximum absolute atomic E-state index is 13.4. The van der Waals surface area contributed by atoms with Gasteiger partial charge < -0.3 is 14.4 Å². The van der Waals surface area contributed by atoms with Gasteiger partial charge in [-0.1, -0.05) is 23.4 Å². The lowest BCUT2D eigenvalue weighted by atomic mass is 9.97. The normalized spacial score (nSPS) is 15.2. The number of hydrogen-bond donors (Lipinski definition) is 0. The first-order chi connectivity index (χ1) is 15.1. The lowest BCUT2D eigenvalue weighted by Gasteiger charge is -2.19. The predicted octanol–water partition coefficient (Wildman–Crippen LogP) is 3.98. The van der Waals surface area contributed by atoms with Crippen molar-refractivity contribution < 1.29 is 14.3 Å². The second-order valence-corrected chi connectivity index (χ2v) is 8.73. The third-order valence-corrected chi connectivity index (χ3v) is 6.86. The van der Waals surface area contributed by atoms with Crippen molar-refractivity contribution in [1.82, 2.24) is 14.5 Å². The molecule has 1 aliphatic carbocycles. The van der Waals surface area contributed by atoms with Crippen LogP contribution in [0.5, 0.6) is 11.5 Å². The number of thioether (sulfide) groups is 1. The number of allylic oxidation sites excluding steroid dienone is 2. The van der Waals surface area contributed by atoms with Gasteiger partial charge in [-0.05, 0) is 52.0 Å². The molecule has 0 radical (unpaired) electrons. The van der Waals surface area contributed by atoms with Gasteiger partial charge >= 0.3 is 0 Å². The molecule has 166 valence electrons. The number of ether oxygens (including phenoxy) is 2. The molecular formula is C23H29N3O4S. The van der Waals surface area contributed by atoms with E-state index in [-0.39, 0.29) is 24.0 Å². The Bertz CT molecular complexity index is 1060. The Morgan fingerprint density at radius 1 is 1.19 bits per heavy atom. The molecule has 1 aromatic heterocycles. The second-order valence-electron chi connectivity index (χ2n) is 7.79. The van der Waals surface area contributed by atoms with Gasteiger partial charge in [-0.3, -0.25) is 14.2 Å². The molecule has 0 N–H and O–H groups in total. The number of benzene rings is 1. The summed E-state index contributed by atoms with van der Waals surface area (Å²) < 4.78 is 12.6. The summed E-state index contributed by atoms with van der Waals surface area (Å²) in [4.78, 5) is 32.5. The fraction of sp³-hybridized carbons (Fsp3) is 0.522. The van der Waals surface area contributed by atoms with Crippen molar-refractivity contribution in [1.29, 1.82) is 0 Å². The van der Waals surface area contributed by atoms with Crippen molar-refractivity contribution >= 4 is 28.6 Å². The van der Waals surface area contributed by atoms with Gasteiger partial charge in [0.2, 0.25) is 12.7 Å². The average molecular weight is 444 g/mol. The fourth-order valence-electron chi connectivity index (χ4n) is 4.08. The summed E-state index contributed by atoms with van der Waals surface area (Å²) in [6.07, 6.45) is 7.79. The molecule has 0 spiro atoms. The van der Waals surface area contributed by atoms with Crippen LogP contribution in [0.2, 0.25) is 0 Å². The van der Waals surface area contributed by atoms with E-state index in [2.05, 4.69) is 6.08 Å². The highest BCUT2D eigenvalue weighted by atomic mass is 32.2. The minimum absolute atomic E-state index is 0.0524. The Labute approximate surface area is 186 Å². The largest absolute Gasteiger partial charge is 0.454 e. The zero-order valence-corrected chi connectivity index (χ0v) is 19.0. The van der Waals surface area contributed by atoms with Crippen molar-refractivity contribution in [2.24, 2.45) is 0 Å². The van der Waals surface area contributed by atoms with Crippen molar-refractivity contribution in [3.05, 3.63) is 34.1 Å². The molecule has 0 atom stereocenters. The van der Waals surface area contributed by atoms with E-state index in [0.717, 1.165) is 19.3 Å². The van der Waals surface area contributed by atoms with Crippen LogP contribution in [-0.2, 0) is 11.3 Å². The molecule has 8 heteroatoms. The monoisotopic (exact) mass is 443 g/mol. The van der Waals surface area contributed by atoms with Crippen LogP contribution in [0.15, 0.2) is 33.7 Å². The molecule has 1 aliphatic heterocycles. The molecular weight excluding hydrogens is 414 g/mol. The molecule has 0 fully saturated rings. The smallest absolute Gasteiger partial charge is 0.262 e. The molecule has 0 bridgehead atoms. The minimum atomic E-state index is -0.0995. The van der Waals surface area contributed by atoms with E-state index >= 15 is 0 Å². The zero-order chi connectivity index (χ0) is 21.8. The van der Waals surface area contributed by atoms with Gasteiger partial charge in [0.1, 0.15) is 0 Å². The highest BCUT2D eigenvalue weighted by Crippen LogP contribution is 2.35. The summed E-state index contributed by atoms with van der Waals surface area (Å²) in [5, 5.41) is 1.09. The van der Waals surface area contributed by atoms with Crippen LogP contribution in [0.25, 0.3) is 10.9 Å². The van der Waals surface area contributed by atoms with E-state index in [9.17, 15) is 9.59 Å². The highest BCUT2D eigenvalue weighted by molar-refractivity contribution is 7.99. The molecule has 7 nitrogen and oxygen atoms in total. The summed E-state index contributed by atoms with van der Waals surface area (Å²) in [7, 11) is 0. The molecule has 1 aromatic carbocycles. The summed E-state index contributed by atoms with van der Waals surface area (Å²) in [6.45, 7) is 5.99. The summed E-state index contributed by atoms with van der Waals surface area (Å²) in [5.41, 5.74) is 1.87. The maximum atomic E-state index is 13.4. The van der Waals surface area contributed by atoms with Crippen molar-refractivity contribution in [2.75, 3.05) is 25.6 Å². The Balaban J connectivity index is 1.66. The molecule has 31 heavy (non-hydrogen) atoms. The highest BCUT2D eigenvalue weighted by Gasteiger charge is 2.20. The van der Waals surface area contributed by atoms with E-state index in [1.165, 1.54) is 30.2 Å². The SMILES string of the molecule is CCN(CC)C(=O)CSc1nc2cc3c(cc2c(=O)n1CCC1=CCCCC1)OCO3. The molecule has 2 heterocycles. The van der Waals surface area contributed by atoms with E-state index in [1.807, 2.05) is 13.8 Å². The van der Waals surface area contributed by atoms with Crippen LogP contribution in [0, 0.1) is 0 Å². The predicted molar refractivity (Wildman–Crippen MR) is 122 cm³/mol. The topological polar surface area (TPSA) is 73.7 Å². The van der Waals surface area contributed by atoms with Gasteiger partial charge in [-0.25, -0.2) is 4.98 Å². The summed E-state index contributed by atoms with van der Waals surface area (Å²) in [5.74, 6) is 1.48. The molecule has 2 aromatic rings. The van der Waals surface area contributed by atoms with Crippen molar-refractivity contribution in [2.45, 2.75) is 57.7 Å². The average Bonchev–Trinajstić information content (AvgIpc) is 3.25. The number of aromatic nitrogens is 2. The first-order valence-corrected chi connectivity index (χ1v) is 12.0. The lowest BCUT2D eigenvalue weighted by Crippen LogP contribution is -2.32.